The lowest BCUT2D eigenvalue weighted by molar-refractivity contribution is 0.118. The van der Waals surface area contributed by atoms with Gasteiger partial charge in [0.25, 0.3) is 12.0 Å². The van der Waals surface area contributed by atoms with Gasteiger partial charge < -0.3 is 0 Å². The molecule has 6 heteroatoms. The zero-order valence-corrected chi connectivity index (χ0v) is 13.4. The third kappa shape index (κ3) is 3.00. The standard InChI is InChI=1S/C17H21F2N3O/c1-11(2)21-9-5-8-14(21)16-20-13-7-4-3-6-12(13)17(23)22(16)10-15(18)19/h3-4,6-7,11,14-15H,5,8-10H2,1-2H3. The normalized spacial score (nSPS) is 19.3. The van der Waals surface area contributed by atoms with E-state index in [0.29, 0.717) is 16.7 Å². The van der Waals surface area contributed by atoms with Crippen molar-refractivity contribution in [1.29, 1.82) is 0 Å². The van der Waals surface area contributed by atoms with Crippen LogP contribution in [0.2, 0.25) is 0 Å². The lowest BCUT2D eigenvalue weighted by Crippen LogP contribution is -2.36. The molecule has 2 heterocycles. The third-order valence-electron chi connectivity index (χ3n) is 4.47. The second kappa shape index (κ2) is 6.35. The van der Waals surface area contributed by atoms with Gasteiger partial charge in [0.05, 0.1) is 23.5 Å². The Balaban J connectivity index is 2.19. The average molecular weight is 321 g/mol. The summed E-state index contributed by atoms with van der Waals surface area (Å²) in [6.07, 6.45) is -0.754. The average Bonchev–Trinajstić information content (AvgIpc) is 2.99. The zero-order valence-electron chi connectivity index (χ0n) is 13.4. The molecule has 0 saturated carbocycles. The fraction of sp³-hybridized carbons (Fsp3) is 0.529. The number of benzene rings is 1. The van der Waals surface area contributed by atoms with Gasteiger partial charge in [0, 0.05) is 6.04 Å². The van der Waals surface area contributed by atoms with Gasteiger partial charge in [-0.05, 0) is 45.4 Å². The number of fused-ring (bicyclic) bond motifs is 1. The van der Waals surface area contributed by atoms with Crippen molar-refractivity contribution in [3.8, 4) is 0 Å². The highest BCUT2D eigenvalue weighted by Crippen LogP contribution is 2.32. The number of aromatic nitrogens is 2. The number of para-hydroxylation sites is 1. The van der Waals surface area contributed by atoms with E-state index >= 15 is 0 Å². The molecule has 1 unspecified atom stereocenters. The van der Waals surface area contributed by atoms with Crippen LogP contribution in [0, 0.1) is 0 Å². The van der Waals surface area contributed by atoms with Gasteiger partial charge in [0.1, 0.15) is 5.82 Å². The summed E-state index contributed by atoms with van der Waals surface area (Å²) in [6, 6.07) is 7.16. The van der Waals surface area contributed by atoms with E-state index in [0.717, 1.165) is 19.4 Å². The molecule has 0 aliphatic carbocycles. The Morgan fingerprint density at radius 1 is 1.30 bits per heavy atom. The highest BCUT2D eigenvalue weighted by molar-refractivity contribution is 5.77. The van der Waals surface area contributed by atoms with Crippen molar-refractivity contribution in [3.05, 3.63) is 40.4 Å². The third-order valence-corrected chi connectivity index (χ3v) is 4.47. The van der Waals surface area contributed by atoms with Crippen molar-refractivity contribution < 1.29 is 8.78 Å². The van der Waals surface area contributed by atoms with Gasteiger partial charge in [-0.2, -0.15) is 0 Å². The first kappa shape index (κ1) is 16.1. The molecule has 1 aliphatic rings. The Morgan fingerprint density at radius 2 is 2.04 bits per heavy atom. The predicted molar refractivity (Wildman–Crippen MR) is 85.8 cm³/mol. The van der Waals surface area contributed by atoms with E-state index in [1.165, 1.54) is 4.57 Å². The molecule has 1 fully saturated rings. The van der Waals surface area contributed by atoms with Crippen LogP contribution >= 0.6 is 0 Å². The smallest absolute Gasteiger partial charge is 0.261 e. The zero-order chi connectivity index (χ0) is 16.6. The van der Waals surface area contributed by atoms with E-state index in [1.54, 1.807) is 18.2 Å². The Morgan fingerprint density at radius 3 is 2.74 bits per heavy atom. The predicted octanol–water partition coefficient (Wildman–Crippen LogP) is 3.21. The van der Waals surface area contributed by atoms with Crippen molar-refractivity contribution in [2.24, 2.45) is 0 Å². The van der Waals surface area contributed by atoms with Crippen LogP contribution in [-0.2, 0) is 6.54 Å². The number of rotatable bonds is 4. The highest BCUT2D eigenvalue weighted by Gasteiger charge is 2.32. The minimum Gasteiger partial charge on any atom is -0.291 e. The first-order valence-corrected chi connectivity index (χ1v) is 8.02. The minimum atomic E-state index is -2.58. The highest BCUT2D eigenvalue weighted by atomic mass is 19.3. The van der Waals surface area contributed by atoms with Gasteiger partial charge >= 0.3 is 0 Å². The molecular formula is C17H21F2N3O. The second-order valence-corrected chi connectivity index (χ2v) is 6.28. The largest absolute Gasteiger partial charge is 0.291 e. The number of likely N-dealkylation sites (tertiary alicyclic amines) is 1. The van der Waals surface area contributed by atoms with Crippen LogP contribution in [0.5, 0.6) is 0 Å². The van der Waals surface area contributed by atoms with Gasteiger partial charge in [-0.15, -0.1) is 0 Å². The van der Waals surface area contributed by atoms with Crippen molar-refractivity contribution in [3.63, 3.8) is 0 Å². The molecule has 0 radical (unpaired) electrons. The van der Waals surface area contributed by atoms with E-state index in [2.05, 4.69) is 23.7 Å². The summed E-state index contributed by atoms with van der Waals surface area (Å²) in [5.74, 6) is 0.472. The summed E-state index contributed by atoms with van der Waals surface area (Å²) in [5.41, 5.74) is 0.204. The Labute approximate surface area is 133 Å². The molecule has 0 bridgehead atoms. The van der Waals surface area contributed by atoms with E-state index in [9.17, 15) is 13.6 Å². The maximum absolute atomic E-state index is 13.0. The minimum absolute atomic E-state index is 0.0777. The molecular weight excluding hydrogens is 300 g/mol. The first-order valence-electron chi connectivity index (χ1n) is 8.02. The monoisotopic (exact) mass is 321 g/mol. The Bertz CT molecular complexity index is 757. The Kier molecular flexibility index (Phi) is 4.43. The van der Waals surface area contributed by atoms with Crippen LogP contribution in [0.1, 0.15) is 38.6 Å². The summed E-state index contributed by atoms with van der Waals surface area (Å²) in [5, 5.41) is 0.394. The number of halogens is 2. The molecule has 1 atom stereocenters. The number of hydrogen-bond donors (Lipinski definition) is 0. The van der Waals surface area contributed by atoms with E-state index in [4.69, 9.17) is 0 Å². The fourth-order valence-corrected chi connectivity index (χ4v) is 3.44. The molecule has 2 aromatic rings. The molecule has 1 aromatic heterocycles. The van der Waals surface area contributed by atoms with Gasteiger partial charge in [0.15, 0.2) is 0 Å². The summed E-state index contributed by atoms with van der Waals surface area (Å²) in [7, 11) is 0. The van der Waals surface area contributed by atoms with Gasteiger partial charge in [-0.1, -0.05) is 12.1 Å². The number of nitrogens with zero attached hydrogens (tertiary/aromatic N) is 3. The van der Waals surface area contributed by atoms with Crippen LogP contribution in [0.3, 0.4) is 0 Å². The van der Waals surface area contributed by atoms with Crippen LogP contribution in [0.25, 0.3) is 10.9 Å². The van der Waals surface area contributed by atoms with Crippen LogP contribution in [0.4, 0.5) is 8.78 Å². The van der Waals surface area contributed by atoms with E-state index in [-0.39, 0.29) is 17.6 Å². The summed E-state index contributed by atoms with van der Waals surface area (Å²) in [4.78, 5) is 19.5. The van der Waals surface area contributed by atoms with Gasteiger partial charge in [-0.3, -0.25) is 14.3 Å². The first-order chi connectivity index (χ1) is 11.0. The number of hydrogen-bond acceptors (Lipinski definition) is 3. The molecule has 4 nitrogen and oxygen atoms in total. The fourth-order valence-electron chi connectivity index (χ4n) is 3.44. The topological polar surface area (TPSA) is 38.1 Å². The maximum atomic E-state index is 13.0. The number of alkyl halides is 2. The lowest BCUT2D eigenvalue weighted by atomic mass is 10.1. The van der Waals surface area contributed by atoms with Crippen molar-refractivity contribution >= 4 is 10.9 Å². The molecule has 0 amide bonds. The molecule has 23 heavy (non-hydrogen) atoms. The van der Waals surface area contributed by atoms with Crippen molar-refractivity contribution in [1.82, 2.24) is 14.5 Å². The SMILES string of the molecule is CC(C)N1CCCC1c1nc2ccccc2c(=O)n1CC(F)F. The van der Waals surface area contributed by atoms with Crippen LogP contribution in [-0.4, -0.2) is 33.5 Å². The molecule has 3 rings (SSSR count). The summed E-state index contributed by atoms with van der Waals surface area (Å²) in [6.45, 7) is 4.46. The maximum Gasteiger partial charge on any atom is 0.261 e. The summed E-state index contributed by atoms with van der Waals surface area (Å²) < 4.78 is 27.2. The van der Waals surface area contributed by atoms with E-state index in [1.807, 2.05) is 6.07 Å². The summed E-state index contributed by atoms with van der Waals surface area (Å²) >= 11 is 0. The Hall–Kier alpha value is -1.82. The molecule has 0 spiro atoms. The van der Waals surface area contributed by atoms with Gasteiger partial charge in [0.2, 0.25) is 0 Å². The molecule has 0 N–H and O–H groups in total. The second-order valence-electron chi connectivity index (χ2n) is 6.28. The van der Waals surface area contributed by atoms with E-state index < -0.39 is 13.0 Å². The van der Waals surface area contributed by atoms with Crippen LogP contribution in [0.15, 0.2) is 29.1 Å². The molecule has 1 aliphatic heterocycles. The molecule has 1 aromatic carbocycles. The van der Waals surface area contributed by atoms with Crippen molar-refractivity contribution in [2.45, 2.75) is 51.7 Å². The van der Waals surface area contributed by atoms with Crippen molar-refractivity contribution in [2.75, 3.05) is 6.54 Å². The molecule has 1 saturated heterocycles. The van der Waals surface area contributed by atoms with Crippen LogP contribution < -0.4 is 5.56 Å². The lowest BCUT2D eigenvalue weighted by Gasteiger charge is -2.29. The quantitative estimate of drug-likeness (QED) is 0.868. The molecule has 124 valence electrons. The van der Waals surface area contributed by atoms with Gasteiger partial charge in [-0.25, -0.2) is 13.8 Å².